The summed E-state index contributed by atoms with van der Waals surface area (Å²) < 4.78 is 5.49. The maximum atomic E-state index is 13.9. The van der Waals surface area contributed by atoms with E-state index in [4.69, 9.17) is 9.73 Å². The lowest BCUT2D eigenvalue weighted by molar-refractivity contribution is -0.137. The summed E-state index contributed by atoms with van der Waals surface area (Å²) >= 11 is 1.41. The van der Waals surface area contributed by atoms with Gasteiger partial charge in [-0.15, -0.1) is 0 Å². The van der Waals surface area contributed by atoms with Gasteiger partial charge in [0.05, 0.1) is 37.1 Å². The summed E-state index contributed by atoms with van der Waals surface area (Å²) in [5.41, 5.74) is 5.02. The fourth-order valence-electron chi connectivity index (χ4n) is 6.62. The molecule has 0 aliphatic carbocycles. The van der Waals surface area contributed by atoms with Crippen molar-refractivity contribution in [3.05, 3.63) is 120 Å². The Labute approximate surface area is 296 Å². The third kappa shape index (κ3) is 7.44. The summed E-state index contributed by atoms with van der Waals surface area (Å²) in [6, 6.07) is 30.3. The van der Waals surface area contributed by atoms with Crippen LogP contribution in [-0.2, 0) is 25.7 Å². The Bertz CT molecular complexity index is 1830. The predicted molar refractivity (Wildman–Crippen MR) is 196 cm³/mol. The van der Waals surface area contributed by atoms with Crippen LogP contribution in [-0.4, -0.2) is 76.6 Å². The third-order valence-corrected chi connectivity index (χ3v) is 10.7. The molecule has 10 nitrogen and oxygen atoms in total. The average Bonchev–Trinajstić information content (AvgIpc) is 3.78. The van der Waals surface area contributed by atoms with Crippen LogP contribution in [0.1, 0.15) is 47.8 Å². The van der Waals surface area contributed by atoms with Crippen molar-refractivity contribution in [3.8, 4) is 0 Å². The number of thioether (sulfide) groups is 1. The van der Waals surface area contributed by atoms with Gasteiger partial charge in [-0.3, -0.25) is 24.3 Å². The van der Waals surface area contributed by atoms with E-state index in [1.54, 1.807) is 16.0 Å². The van der Waals surface area contributed by atoms with Gasteiger partial charge in [0.2, 0.25) is 17.7 Å². The van der Waals surface area contributed by atoms with Gasteiger partial charge in [0.25, 0.3) is 0 Å². The van der Waals surface area contributed by atoms with Gasteiger partial charge in [-0.05, 0) is 79.4 Å². The number of benzene rings is 3. The van der Waals surface area contributed by atoms with E-state index in [0.29, 0.717) is 43.6 Å². The molecule has 3 aliphatic rings. The number of ether oxygens (including phenoxy) is 1. The number of hydrogen-bond donors (Lipinski definition) is 1. The molecule has 4 aromatic rings. The largest absolute Gasteiger partial charge is 0.378 e. The number of amidine groups is 1. The lowest BCUT2D eigenvalue weighted by Gasteiger charge is -2.28. The van der Waals surface area contributed by atoms with E-state index in [0.717, 1.165) is 47.7 Å². The van der Waals surface area contributed by atoms with Crippen LogP contribution in [0.5, 0.6) is 0 Å². The van der Waals surface area contributed by atoms with Crippen LogP contribution in [0.4, 0.5) is 17.1 Å². The first-order valence-corrected chi connectivity index (χ1v) is 18.0. The topological polar surface area (TPSA) is 107 Å². The van der Waals surface area contributed by atoms with Crippen LogP contribution in [0.2, 0.25) is 0 Å². The van der Waals surface area contributed by atoms with E-state index < -0.39 is 11.3 Å². The van der Waals surface area contributed by atoms with Gasteiger partial charge in [-0.1, -0.05) is 60.3 Å². The van der Waals surface area contributed by atoms with Gasteiger partial charge in [0.1, 0.15) is 11.3 Å². The van der Waals surface area contributed by atoms with Crippen LogP contribution in [0.25, 0.3) is 0 Å². The number of hydrogen-bond acceptors (Lipinski definition) is 8. The molecule has 3 fully saturated rings. The van der Waals surface area contributed by atoms with Crippen LogP contribution in [0, 0.1) is 0 Å². The molecule has 4 heterocycles. The SMILES string of the molecule is C[C@H](C(=O)N1CCC[C@H]1C(=O)Nc1ccc(C2SC(=Nc3ccc(N4CCOCC4)cc3)N(Cc3ccccn3)C2=O)cc1)c1ccccc1. The Hall–Kier alpha value is -5.00. The number of pyridine rings is 1. The minimum absolute atomic E-state index is 0.0401. The zero-order valence-corrected chi connectivity index (χ0v) is 28.8. The number of nitrogens with zero attached hydrogens (tertiary/aromatic N) is 5. The molecule has 50 heavy (non-hydrogen) atoms. The van der Waals surface area contributed by atoms with Crippen molar-refractivity contribution in [2.24, 2.45) is 4.99 Å². The molecule has 3 amide bonds. The lowest BCUT2D eigenvalue weighted by atomic mass is 9.99. The average molecular weight is 689 g/mol. The van der Waals surface area contributed by atoms with Gasteiger partial charge in [-0.25, -0.2) is 4.99 Å². The number of rotatable bonds is 9. The van der Waals surface area contributed by atoms with Crippen LogP contribution >= 0.6 is 11.8 Å². The first-order valence-electron chi connectivity index (χ1n) is 17.1. The Balaban J connectivity index is 1.05. The zero-order valence-electron chi connectivity index (χ0n) is 28.0. The molecule has 3 aliphatic heterocycles. The fourth-order valence-corrected chi connectivity index (χ4v) is 7.80. The minimum Gasteiger partial charge on any atom is -0.378 e. The first kappa shape index (κ1) is 33.5. The number of amides is 3. The summed E-state index contributed by atoms with van der Waals surface area (Å²) in [6.45, 7) is 5.90. The number of morpholine rings is 1. The molecule has 1 unspecified atom stereocenters. The highest BCUT2D eigenvalue weighted by atomic mass is 32.2. The van der Waals surface area contributed by atoms with Crippen LogP contribution in [0.3, 0.4) is 0 Å². The summed E-state index contributed by atoms with van der Waals surface area (Å²) in [4.78, 5) is 55.8. The van der Waals surface area contributed by atoms with Crippen molar-refractivity contribution in [1.29, 1.82) is 0 Å². The second-order valence-electron chi connectivity index (χ2n) is 12.7. The van der Waals surface area contributed by atoms with Crippen molar-refractivity contribution in [2.75, 3.05) is 43.1 Å². The van der Waals surface area contributed by atoms with E-state index in [1.807, 2.05) is 91.9 Å². The maximum Gasteiger partial charge on any atom is 0.247 e. The quantitative estimate of drug-likeness (QED) is 0.225. The van der Waals surface area contributed by atoms with Crippen molar-refractivity contribution in [1.82, 2.24) is 14.8 Å². The second kappa shape index (κ2) is 15.3. The molecule has 0 saturated carbocycles. The standard InChI is InChI=1S/C39H40N6O4S/c1-27(28-8-3-2-4-9-28)37(47)44-21-7-11-34(44)36(46)41-30-14-12-29(13-15-30)35-38(48)45(26-32-10-5-6-20-40-32)39(50-35)42-31-16-18-33(19-17-31)43-22-24-49-25-23-43/h2-6,8-10,12-20,27,34-35H,7,11,21-26H2,1H3,(H,41,46)/t27-,34-,35?/m0/s1. The molecule has 3 aromatic carbocycles. The van der Waals surface area contributed by atoms with Crippen molar-refractivity contribution in [2.45, 2.75) is 43.5 Å². The molecule has 11 heteroatoms. The van der Waals surface area contributed by atoms with Gasteiger partial charge in [0, 0.05) is 37.2 Å². The van der Waals surface area contributed by atoms with Gasteiger partial charge in [0.15, 0.2) is 5.17 Å². The number of aliphatic imine (C=N–C) groups is 1. The third-order valence-electron chi connectivity index (χ3n) is 9.43. The van der Waals surface area contributed by atoms with Crippen molar-refractivity contribution < 1.29 is 19.1 Å². The molecule has 1 aromatic heterocycles. The summed E-state index contributed by atoms with van der Waals surface area (Å²) in [5.74, 6) is -0.647. The van der Waals surface area contributed by atoms with E-state index in [9.17, 15) is 14.4 Å². The first-order chi connectivity index (χ1) is 24.4. The molecule has 3 atom stereocenters. The molecule has 1 N–H and O–H groups in total. The molecule has 7 rings (SSSR count). The maximum absolute atomic E-state index is 13.9. The fraction of sp³-hybridized carbons (Fsp3) is 0.308. The highest BCUT2D eigenvalue weighted by Crippen LogP contribution is 2.41. The van der Waals surface area contributed by atoms with E-state index in [2.05, 4.69) is 27.3 Å². The highest BCUT2D eigenvalue weighted by Gasteiger charge is 2.40. The minimum atomic E-state index is -0.526. The summed E-state index contributed by atoms with van der Waals surface area (Å²) in [6.07, 6.45) is 3.12. The Kier molecular flexibility index (Phi) is 10.2. The molecule has 256 valence electrons. The number of anilines is 2. The number of aromatic nitrogens is 1. The number of carbonyl (C=O) groups excluding carboxylic acids is 3. The number of likely N-dealkylation sites (tertiary alicyclic amines) is 1. The normalized spacial score (nSPS) is 20.7. The van der Waals surface area contributed by atoms with Gasteiger partial charge >= 0.3 is 0 Å². The predicted octanol–water partition coefficient (Wildman–Crippen LogP) is 6.16. The highest BCUT2D eigenvalue weighted by molar-refractivity contribution is 8.15. The van der Waals surface area contributed by atoms with Gasteiger partial charge in [-0.2, -0.15) is 0 Å². The van der Waals surface area contributed by atoms with Crippen LogP contribution < -0.4 is 10.2 Å². The molecule has 0 bridgehead atoms. The second-order valence-corrected chi connectivity index (χ2v) is 13.8. The molecular weight excluding hydrogens is 649 g/mol. The zero-order chi connectivity index (χ0) is 34.5. The number of nitrogens with one attached hydrogen (secondary N) is 1. The van der Waals surface area contributed by atoms with E-state index in [-0.39, 0.29) is 23.6 Å². The van der Waals surface area contributed by atoms with E-state index >= 15 is 0 Å². The summed E-state index contributed by atoms with van der Waals surface area (Å²) in [7, 11) is 0. The molecular formula is C39H40N6O4S. The Morgan fingerprint density at radius 1 is 0.940 bits per heavy atom. The van der Waals surface area contributed by atoms with Crippen molar-refractivity contribution in [3.63, 3.8) is 0 Å². The molecule has 0 radical (unpaired) electrons. The van der Waals surface area contributed by atoms with E-state index in [1.165, 1.54) is 11.8 Å². The Morgan fingerprint density at radius 2 is 1.68 bits per heavy atom. The van der Waals surface area contributed by atoms with Gasteiger partial charge < -0.3 is 19.9 Å². The monoisotopic (exact) mass is 688 g/mol. The molecule has 0 spiro atoms. The summed E-state index contributed by atoms with van der Waals surface area (Å²) in [5, 5.41) is 3.12. The number of carbonyl (C=O) groups is 3. The van der Waals surface area contributed by atoms with Crippen LogP contribution in [0.15, 0.2) is 108 Å². The molecule has 3 saturated heterocycles. The van der Waals surface area contributed by atoms with Crippen molar-refractivity contribution >= 4 is 51.7 Å². The lowest BCUT2D eigenvalue weighted by Crippen LogP contribution is -2.44. The smallest absolute Gasteiger partial charge is 0.247 e. The Morgan fingerprint density at radius 3 is 2.40 bits per heavy atom.